The molecule has 0 unspecified atom stereocenters. The number of azo groups is 4. The molecule has 0 aliphatic carbocycles. The standard InChI is InChI=1S/C42H27N11O31S8/c43-35-26(48-44-15-7-20-19(27(8-15)85(61,62)63)11-31(89(73,74)75)37(40(20)55)50-46-24-5-2-17(53(59)60)10-30(24)88(70,71)72)14-28(86(64,65)66)22-13-33(91(79,80)81)38(41(56)34(22)35)51-47-25-6-3-18-21(42(25)92(82,83)84)12-32(90(76,77)78)36(39(18)54)49-45-23-4-1-16(52(57)58)9-29(23)87(67,68)69/h1-14,54-56H,43H2,(H,61,62,63)(H,64,65,66)(H,67,68,69)(H,70,71,72)(H,73,74,75)(H,76,77,78)(H,79,80,81)(H,82,83,84). The van der Waals surface area contributed by atoms with Crippen molar-refractivity contribution in [1.29, 1.82) is 0 Å². The van der Waals surface area contributed by atoms with Gasteiger partial charge in [0.25, 0.3) is 92.3 Å². The van der Waals surface area contributed by atoms with Gasteiger partial charge in [-0.3, -0.25) is 56.7 Å². The second kappa shape index (κ2) is 23.2. The molecule has 0 spiro atoms. The molecule has 42 nitrogen and oxygen atoms in total. The summed E-state index contributed by atoms with van der Waals surface area (Å²) in [5, 5.41) is 78.4. The van der Waals surface area contributed by atoms with Crippen LogP contribution in [0.15, 0.2) is 165 Å². The van der Waals surface area contributed by atoms with Crippen LogP contribution in [0.5, 0.6) is 17.2 Å². The van der Waals surface area contributed by atoms with Gasteiger partial charge in [-0.15, -0.1) is 35.8 Å². The van der Waals surface area contributed by atoms with Crippen LogP contribution in [-0.2, 0) is 80.9 Å². The number of nitrogens with zero attached hydrogens (tertiary/aromatic N) is 10. The number of nitrogen functional groups attached to an aromatic ring is 1. The molecule has 0 aliphatic heterocycles. The fourth-order valence-corrected chi connectivity index (χ4v) is 13.8. The first-order valence-corrected chi connectivity index (χ1v) is 34.4. The highest BCUT2D eigenvalue weighted by Crippen LogP contribution is 2.51. The van der Waals surface area contributed by atoms with Gasteiger partial charge in [-0.2, -0.15) is 72.5 Å². The smallest absolute Gasteiger partial charge is 0.297 e. The maximum atomic E-state index is 13.1. The van der Waals surface area contributed by atoms with Crippen LogP contribution in [0.25, 0.3) is 32.3 Å². The summed E-state index contributed by atoms with van der Waals surface area (Å²) in [7, 11) is -45.5. The van der Waals surface area contributed by atoms with E-state index in [-0.39, 0.29) is 36.4 Å². The predicted octanol–water partition coefficient (Wildman–Crippen LogP) is 7.30. The van der Waals surface area contributed by atoms with Gasteiger partial charge in [0.2, 0.25) is 0 Å². The molecular formula is C42H27N11O31S8. The number of fused-ring (bicyclic) bond motifs is 3. The van der Waals surface area contributed by atoms with E-state index in [9.17, 15) is 139 Å². The fourth-order valence-electron chi connectivity index (χ4n) is 8.32. The first-order valence-electron chi connectivity index (χ1n) is 22.8. The molecule has 484 valence electrons. The van der Waals surface area contributed by atoms with Crippen LogP contribution in [0.1, 0.15) is 0 Å². The highest BCUT2D eigenvalue weighted by molar-refractivity contribution is 7.88. The van der Waals surface area contributed by atoms with Gasteiger partial charge in [-0.1, -0.05) is 0 Å². The van der Waals surface area contributed by atoms with Crippen molar-refractivity contribution in [3.05, 3.63) is 105 Å². The minimum absolute atomic E-state index is 0.150. The number of hydrogen-bond acceptors (Lipinski definition) is 32. The van der Waals surface area contributed by atoms with Gasteiger partial charge in [-0.25, -0.2) is 0 Å². The van der Waals surface area contributed by atoms with Gasteiger partial charge in [0, 0.05) is 51.2 Å². The van der Waals surface area contributed by atoms with Crippen LogP contribution in [0.4, 0.5) is 62.6 Å². The topological polar surface area (TPSA) is 707 Å². The Labute approximate surface area is 510 Å². The zero-order chi connectivity index (χ0) is 68.9. The molecule has 0 atom stereocenters. The molecular weight excluding hydrogens is 1410 g/mol. The zero-order valence-corrected chi connectivity index (χ0v) is 50.0. The minimum atomic E-state index is -5.91. The molecule has 0 radical (unpaired) electrons. The molecule has 8 rings (SSSR count). The maximum absolute atomic E-state index is 13.1. The molecule has 0 heterocycles. The Bertz CT molecular complexity index is 5810. The van der Waals surface area contributed by atoms with E-state index < -0.39 is 242 Å². The van der Waals surface area contributed by atoms with Crippen molar-refractivity contribution in [3.8, 4) is 17.2 Å². The minimum Gasteiger partial charge on any atom is -0.505 e. The number of non-ortho nitro benzene ring substituents is 2. The maximum Gasteiger partial charge on any atom is 0.297 e. The number of phenols is 3. The molecule has 8 aromatic carbocycles. The van der Waals surface area contributed by atoms with Crippen molar-refractivity contribution in [2.24, 2.45) is 40.9 Å². The van der Waals surface area contributed by atoms with Gasteiger partial charge in [0.1, 0.15) is 79.0 Å². The fraction of sp³-hybridized carbons (Fsp3) is 0. The quantitative estimate of drug-likeness (QED) is 0.0132. The van der Waals surface area contributed by atoms with Gasteiger partial charge in [-0.05, 0) is 60.7 Å². The van der Waals surface area contributed by atoms with Gasteiger partial charge in [0.05, 0.1) is 26.6 Å². The third-order valence-corrected chi connectivity index (χ3v) is 19.3. The summed E-state index contributed by atoms with van der Waals surface area (Å²) in [5.41, 5.74) is -6.20. The van der Waals surface area contributed by atoms with Crippen molar-refractivity contribution in [2.75, 3.05) is 5.73 Å². The summed E-state index contributed by atoms with van der Waals surface area (Å²) >= 11 is 0. The number of hydrogen-bond donors (Lipinski definition) is 12. The molecule has 0 aliphatic rings. The van der Waals surface area contributed by atoms with Crippen molar-refractivity contribution in [3.63, 3.8) is 0 Å². The highest BCUT2D eigenvalue weighted by Gasteiger charge is 2.33. The first-order chi connectivity index (χ1) is 42.0. The number of anilines is 1. The third kappa shape index (κ3) is 13.5. The summed E-state index contributed by atoms with van der Waals surface area (Å²) in [4.78, 5) is 8.35. The van der Waals surface area contributed by atoms with Crippen LogP contribution >= 0.6 is 0 Å². The van der Waals surface area contributed by atoms with E-state index >= 15 is 0 Å². The Morgan fingerprint density at radius 2 is 0.685 bits per heavy atom. The number of aromatic hydroxyl groups is 3. The first kappa shape index (κ1) is 68.1. The van der Waals surface area contributed by atoms with Crippen molar-refractivity contribution < 1.29 is 129 Å². The number of rotatable bonds is 18. The lowest BCUT2D eigenvalue weighted by atomic mass is 10.0. The normalized spacial score (nSPS) is 13.4. The van der Waals surface area contributed by atoms with Crippen molar-refractivity contribution in [1.82, 2.24) is 0 Å². The van der Waals surface area contributed by atoms with Crippen molar-refractivity contribution in [2.45, 2.75) is 39.2 Å². The molecule has 0 aromatic heterocycles. The van der Waals surface area contributed by atoms with Crippen LogP contribution in [-0.4, -0.2) is 129 Å². The summed E-state index contributed by atoms with van der Waals surface area (Å²) < 4.78 is 284. The van der Waals surface area contributed by atoms with E-state index in [2.05, 4.69) is 40.9 Å². The number of nitro benzene ring substituents is 2. The number of phenolic OH excluding ortho intramolecular Hbond substituents is 3. The molecule has 50 heteroatoms. The predicted molar refractivity (Wildman–Crippen MR) is 303 cm³/mol. The van der Waals surface area contributed by atoms with Crippen LogP contribution in [0.2, 0.25) is 0 Å². The van der Waals surface area contributed by atoms with E-state index in [0.29, 0.717) is 48.5 Å². The molecule has 8 aromatic rings. The van der Waals surface area contributed by atoms with Crippen LogP contribution < -0.4 is 5.73 Å². The molecule has 0 saturated heterocycles. The number of nitro groups is 2. The lowest BCUT2D eigenvalue weighted by Gasteiger charge is -2.15. The van der Waals surface area contributed by atoms with Crippen LogP contribution in [0.3, 0.4) is 0 Å². The molecule has 0 bridgehead atoms. The van der Waals surface area contributed by atoms with Gasteiger partial charge < -0.3 is 21.1 Å². The number of nitrogens with two attached hydrogens (primary N) is 1. The van der Waals surface area contributed by atoms with Crippen molar-refractivity contribution >= 4 is 176 Å². The Hall–Kier alpha value is -9.78. The average molecular weight is 1440 g/mol. The van der Waals surface area contributed by atoms with Gasteiger partial charge >= 0.3 is 0 Å². The second-order valence-electron chi connectivity index (χ2n) is 17.9. The Morgan fingerprint density at radius 1 is 0.326 bits per heavy atom. The Morgan fingerprint density at radius 3 is 1.10 bits per heavy atom. The lowest BCUT2D eigenvalue weighted by molar-refractivity contribution is -0.385. The molecule has 13 N–H and O–H groups in total. The summed E-state index contributed by atoms with van der Waals surface area (Å²) in [6.07, 6.45) is 0. The van der Waals surface area contributed by atoms with E-state index in [4.69, 9.17) is 5.73 Å². The van der Waals surface area contributed by atoms with E-state index in [1.54, 1.807) is 0 Å². The summed E-state index contributed by atoms with van der Waals surface area (Å²) in [6.45, 7) is 0. The van der Waals surface area contributed by atoms with Crippen LogP contribution in [0, 0.1) is 20.2 Å². The van der Waals surface area contributed by atoms with E-state index in [0.717, 1.165) is 0 Å². The average Bonchev–Trinajstić information content (AvgIpc) is 0.750. The molecule has 0 amide bonds. The SMILES string of the molecule is Nc1c(N=Nc2cc(S(=O)(=O)O)c3cc(S(=O)(=O)O)c(N=Nc4ccc([N+](=O)[O-])cc4S(=O)(=O)O)c(O)c3c2)cc(S(=O)(=O)O)c2cc(S(=O)(=O)O)c(N=Nc3ccc4c(O)c(N=Nc5ccc([N+](=O)[O-])cc5S(=O)(=O)O)c(S(=O)(=O)O)cc4c3S(=O)(=O)O)c(O)c12. The molecule has 92 heavy (non-hydrogen) atoms. The Balaban J connectivity index is 1.33. The monoisotopic (exact) mass is 1440 g/mol. The number of benzene rings is 8. The lowest BCUT2D eigenvalue weighted by Crippen LogP contribution is -2.04. The molecule has 0 saturated carbocycles. The van der Waals surface area contributed by atoms with Gasteiger partial charge in [0.15, 0.2) is 17.2 Å². The summed E-state index contributed by atoms with van der Waals surface area (Å²) in [5.74, 6) is -4.72. The highest BCUT2D eigenvalue weighted by atomic mass is 32.2. The van der Waals surface area contributed by atoms with E-state index in [1.807, 2.05) is 0 Å². The largest absolute Gasteiger partial charge is 0.505 e. The summed E-state index contributed by atoms with van der Waals surface area (Å²) in [6, 6.07) is 5.85. The third-order valence-electron chi connectivity index (χ3n) is 12.2. The zero-order valence-electron chi connectivity index (χ0n) is 43.5. The molecule has 0 fully saturated rings. The Kier molecular flexibility index (Phi) is 17.2. The van der Waals surface area contributed by atoms with E-state index in [1.165, 1.54) is 0 Å². The second-order valence-corrected chi connectivity index (χ2v) is 29.0.